The number of epoxide rings is 1. The molecule has 5 fully saturated rings. The first-order valence-corrected chi connectivity index (χ1v) is 7.33. The highest BCUT2D eigenvalue weighted by molar-refractivity contribution is 5.40. The molecule has 0 spiro atoms. The average molecular weight is 240 g/mol. The maximum absolute atomic E-state index is 6.38. The highest BCUT2D eigenvalue weighted by atomic mass is 16.6. The molecule has 4 bridgehead atoms. The summed E-state index contributed by atoms with van der Waals surface area (Å²) in [5, 5.41) is 0. The summed E-state index contributed by atoms with van der Waals surface area (Å²) in [5.41, 5.74) is 2.96. The van der Waals surface area contributed by atoms with Crippen molar-refractivity contribution in [2.45, 2.75) is 37.3 Å². The van der Waals surface area contributed by atoms with E-state index in [0.29, 0.717) is 24.4 Å². The van der Waals surface area contributed by atoms with Crippen LogP contribution in [0.3, 0.4) is 0 Å². The zero-order valence-electron chi connectivity index (χ0n) is 10.2. The molecule has 2 heteroatoms. The van der Waals surface area contributed by atoms with E-state index in [1.165, 1.54) is 24.0 Å². The van der Waals surface area contributed by atoms with Gasteiger partial charge in [0, 0.05) is 11.8 Å². The number of ether oxygens (including phenoxy) is 2. The number of hydrogen-bond acceptors (Lipinski definition) is 2. The molecule has 0 N–H and O–H groups in total. The highest BCUT2D eigenvalue weighted by Gasteiger charge is 2.70. The Morgan fingerprint density at radius 2 is 1.33 bits per heavy atom. The van der Waals surface area contributed by atoms with Gasteiger partial charge in [0.05, 0.1) is 24.4 Å². The maximum Gasteiger partial charge on any atom is 0.0876 e. The molecule has 6 aliphatic rings. The quantitative estimate of drug-likeness (QED) is 0.650. The summed E-state index contributed by atoms with van der Waals surface area (Å²) in [7, 11) is 0. The van der Waals surface area contributed by atoms with Crippen molar-refractivity contribution >= 4 is 0 Å². The third-order valence-electron chi connectivity index (χ3n) is 6.27. The van der Waals surface area contributed by atoms with E-state index in [1.807, 2.05) is 0 Å². The van der Waals surface area contributed by atoms with Crippen LogP contribution in [-0.2, 0) is 9.47 Å². The molecular weight excluding hydrogens is 224 g/mol. The van der Waals surface area contributed by atoms with Gasteiger partial charge < -0.3 is 9.47 Å². The first-order valence-electron chi connectivity index (χ1n) is 7.33. The molecule has 8 atom stereocenters. The smallest absolute Gasteiger partial charge is 0.0876 e. The van der Waals surface area contributed by atoms with Crippen molar-refractivity contribution in [3.05, 3.63) is 35.4 Å². The van der Waals surface area contributed by atoms with Gasteiger partial charge in [-0.3, -0.25) is 0 Å². The number of rotatable bonds is 0. The minimum atomic E-state index is 0.383. The molecular formula is C16H16O2. The van der Waals surface area contributed by atoms with E-state index >= 15 is 0 Å². The Labute approximate surface area is 106 Å². The second-order valence-electron chi connectivity index (χ2n) is 6.73. The molecule has 3 aliphatic heterocycles. The average Bonchev–Trinajstić information content (AvgIpc) is 3.05. The van der Waals surface area contributed by atoms with Crippen LogP contribution in [0.5, 0.6) is 0 Å². The van der Waals surface area contributed by atoms with Crippen LogP contribution in [0.15, 0.2) is 24.3 Å². The molecule has 3 saturated carbocycles. The van der Waals surface area contributed by atoms with Crippen LogP contribution in [0.2, 0.25) is 0 Å². The van der Waals surface area contributed by atoms with E-state index in [9.17, 15) is 0 Å². The largest absolute Gasteiger partial charge is 0.369 e. The van der Waals surface area contributed by atoms with Crippen molar-refractivity contribution < 1.29 is 9.47 Å². The van der Waals surface area contributed by atoms with Gasteiger partial charge in [-0.1, -0.05) is 24.3 Å². The summed E-state index contributed by atoms with van der Waals surface area (Å²) in [6.07, 6.45) is 4.72. The Morgan fingerprint density at radius 1 is 0.778 bits per heavy atom. The van der Waals surface area contributed by atoms with Crippen LogP contribution in [0.1, 0.15) is 36.2 Å². The summed E-state index contributed by atoms with van der Waals surface area (Å²) in [5.74, 6) is 3.08. The predicted octanol–water partition coefficient (Wildman–Crippen LogP) is 2.85. The van der Waals surface area contributed by atoms with Crippen LogP contribution < -0.4 is 0 Å². The van der Waals surface area contributed by atoms with E-state index in [4.69, 9.17) is 9.47 Å². The first-order chi connectivity index (χ1) is 8.93. The molecule has 0 radical (unpaired) electrons. The Kier molecular flexibility index (Phi) is 1.36. The summed E-state index contributed by atoms with van der Waals surface area (Å²) >= 11 is 0. The molecule has 2 nitrogen and oxygen atoms in total. The molecule has 8 unspecified atom stereocenters. The van der Waals surface area contributed by atoms with Gasteiger partial charge in [0.15, 0.2) is 0 Å². The molecule has 1 aromatic carbocycles. The third-order valence-corrected chi connectivity index (χ3v) is 6.27. The molecule has 0 amide bonds. The fourth-order valence-electron chi connectivity index (χ4n) is 5.71. The van der Waals surface area contributed by atoms with Crippen LogP contribution in [0.4, 0.5) is 0 Å². The molecule has 3 aliphatic carbocycles. The standard InChI is InChI=1S/C16H16O2/c1-2-4-8-7(3-1)13-11-9-5-6-10(16-15(9)18-16)12(11)14(8)17-13/h1-4,9-16H,5-6H2. The Balaban J connectivity index is 1.56. The van der Waals surface area contributed by atoms with Crippen molar-refractivity contribution in [2.75, 3.05) is 0 Å². The Bertz CT molecular complexity index is 507. The highest BCUT2D eigenvalue weighted by Crippen LogP contribution is 2.71. The second-order valence-corrected chi connectivity index (χ2v) is 6.73. The molecule has 1 aromatic rings. The van der Waals surface area contributed by atoms with Crippen molar-refractivity contribution in [3.63, 3.8) is 0 Å². The third kappa shape index (κ3) is 0.810. The number of benzene rings is 1. The lowest BCUT2D eigenvalue weighted by atomic mass is 9.54. The monoisotopic (exact) mass is 240 g/mol. The number of fused-ring (bicyclic) bond motifs is 6. The van der Waals surface area contributed by atoms with Crippen molar-refractivity contribution in [3.8, 4) is 0 Å². The van der Waals surface area contributed by atoms with Crippen LogP contribution >= 0.6 is 0 Å². The fraction of sp³-hybridized carbons (Fsp3) is 0.625. The molecule has 18 heavy (non-hydrogen) atoms. The number of hydrogen-bond donors (Lipinski definition) is 0. The zero-order chi connectivity index (χ0) is 11.4. The fourth-order valence-corrected chi connectivity index (χ4v) is 5.71. The summed E-state index contributed by atoms with van der Waals surface area (Å²) < 4.78 is 12.4. The minimum absolute atomic E-state index is 0.383. The minimum Gasteiger partial charge on any atom is -0.369 e. The van der Waals surface area contributed by atoms with E-state index in [1.54, 1.807) is 0 Å². The SMILES string of the molecule is c1ccc2c(c1)C1OC2C2C3CCC(C4OC34)C12. The molecule has 92 valence electrons. The Hall–Kier alpha value is -0.860. The Morgan fingerprint density at radius 3 is 1.89 bits per heavy atom. The molecule has 2 saturated heterocycles. The second kappa shape index (κ2) is 2.68. The van der Waals surface area contributed by atoms with Gasteiger partial charge in [-0.05, 0) is 35.8 Å². The normalized spacial score (nSPS) is 57.1. The van der Waals surface area contributed by atoms with Gasteiger partial charge in [0.2, 0.25) is 0 Å². The van der Waals surface area contributed by atoms with Crippen LogP contribution in [0, 0.1) is 23.7 Å². The lowest BCUT2D eigenvalue weighted by molar-refractivity contribution is 0.0465. The lowest BCUT2D eigenvalue weighted by Crippen LogP contribution is -2.47. The molecule has 3 heterocycles. The summed E-state index contributed by atoms with van der Waals surface area (Å²) in [4.78, 5) is 0. The molecule has 7 rings (SSSR count). The van der Waals surface area contributed by atoms with Gasteiger partial charge in [0.1, 0.15) is 0 Å². The van der Waals surface area contributed by atoms with Gasteiger partial charge in [-0.15, -0.1) is 0 Å². The lowest BCUT2D eigenvalue weighted by Gasteiger charge is -2.46. The van der Waals surface area contributed by atoms with Gasteiger partial charge in [-0.25, -0.2) is 0 Å². The van der Waals surface area contributed by atoms with Gasteiger partial charge >= 0.3 is 0 Å². The topological polar surface area (TPSA) is 21.8 Å². The molecule has 0 aromatic heterocycles. The maximum atomic E-state index is 6.38. The van der Waals surface area contributed by atoms with Gasteiger partial charge in [-0.2, -0.15) is 0 Å². The van der Waals surface area contributed by atoms with E-state index in [0.717, 1.165) is 23.7 Å². The predicted molar refractivity (Wildman–Crippen MR) is 64.9 cm³/mol. The van der Waals surface area contributed by atoms with Crippen LogP contribution in [-0.4, -0.2) is 12.2 Å². The van der Waals surface area contributed by atoms with Crippen molar-refractivity contribution in [2.24, 2.45) is 23.7 Å². The van der Waals surface area contributed by atoms with E-state index in [-0.39, 0.29) is 0 Å². The van der Waals surface area contributed by atoms with Crippen molar-refractivity contribution in [1.29, 1.82) is 0 Å². The van der Waals surface area contributed by atoms with E-state index in [2.05, 4.69) is 24.3 Å². The van der Waals surface area contributed by atoms with Crippen molar-refractivity contribution in [1.82, 2.24) is 0 Å². The van der Waals surface area contributed by atoms with Gasteiger partial charge in [0.25, 0.3) is 0 Å². The zero-order valence-corrected chi connectivity index (χ0v) is 10.2. The summed E-state index contributed by atoms with van der Waals surface area (Å²) in [6, 6.07) is 8.89. The van der Waals surface area contributed by atoms with Crippen LogP contribution in [0.25, 0.3) is 0 Å². The van der Waals surface area contributed by atoms with E-state index < -0.39 is 0 Å². The first kappa shape index (κ1) is 9.11. The summed E-state index contributed by atoms with van der Waals surface area (Å²) in [6.45, 7) is 0.